The second-order valence-corrected chi connectivity index (χ2v) is 5.43. The molecule has 0 fully saturated rings. The van der Waals surface area contributed by atoms with E-state index in [1.54, 1.807) is 12.1 Å². The van der Waals surface area contributed by atoms with Crippen LogP contribution in [0.15, 0.2) is 46.9 Å². The van der Waals surface area contributed by atoms with Gasteiger partial charge < -0.3 is 5.32 Å². The molecule has 19 heavy (non-hydrogen) atoms. The molecule has 1 nitrogen and oxygen atoms in total. The van der Waals surface area contributed by atoms with Crippen LogP contribution in [0.2, 0.25) is 0 Å². The van der Waals surface area contributed by atoms with Crippen molar-refractivity contribution in [3.8, 4) is 0 Å². The summed E-state index contributed by atoms with van der Waals surface area (Å²) in [5, 5.41) is 3.41. The van der Waals surface area contributed by atoms with E-state index in [9.17, 15) is 4.39 Å². The number of aryl methyl sites for hydroxylation is 1. The molecule has 1 N–H and O–H groups in total. The second kappa shape index (κ2) is 6.31. The molecule has 0 saturated carbocycles. The molecule has 2 rings (SSSR count). The molecule has 0 amide bonds. The molecule has 100 valence electrons. The maximum Gasteiger partial charge on any atom is 0.137 e. The van der Waals surface area contributed by atoms with Crippen molar-refractivity contribution in [1.82, 2.24) is 5.32 Å². The highest BCUT2D eigenvalue weighted by Crippen LogP contribution is 2.26. The number of hydrogen-bond donors (Lipinski definition) is 1. The molecule has 0 aliphatic rings. The van der Waals surface area contributed by atoms with E-state index in [-0.39, 0.29) is 11.9 Å². The molecular weight excluding hydrogens is 305 g/mol. The molecule has 0 aliphatic carbocycles. The summed E-state index contributed by atoms with van der Waals surface area (Å²) < 4.78 is 14.2. The first-order valence-corrected chi connectivity index (χ1v) is 7.16. The molecule has 0 saturated heterocycles. The van der Waals surface area contributed by atoms with Gasteiger partial charge in [-0.1, -0.05) is 42.8 Å². The molecule has 0 radical (unpaired) electrons. The summed E-state index contributed by atoms with van der Waals surface area (Å²) in [5.74, 6) is -0.229. The Morgan fingerprint density at radius 2 is 1.89 bits per heavy atom. The van der Waals surface area contributed by atoms with Gasteiger partial charge in [0.25, 0.3) is 0 Å². The number of nitrogens with one attached hydrogen (secondary N) is 1. The van der Waals surface area contributed by atoms with Gasteiger partial charge in [0.1, 0.15) is 5.82 Å². The van der Waals surface area contributed by atoms with Gasteiger partial charge in [-0.2, -0.15) is 0 Å². The van der Waals surface area contributed by atoms with Crippen LogP contribution in [0.4, 0.5) is 4.39 Å². The van der Waals surface area contributed by atoms with Crippen LogP contribution < -0.4 is 5.32 Å². The summed E-state index contributed by atoms with van der Waals surface area (Å²) in [6, 6.07) is 13.6. The summed E-state index contributed by atoms with van der Waals surface area (Å²) in [6.07, 6.45) is 0. The molecule has 0 heterocycles. The molecule has 2 aromatic rings. The van der Waals surface area contributed by atoms with Crippen LogP contribution in [0.3, 0.4) is 0 Å². The van der Waals surface area contributed by atoms with E-state index in [0.29, 0.717) is 4.47 Å². The summed E-state index contributed by atoms with van der Waals surface area (Å²) >= 11 is 3.19. The summed E-state index contributed by atoms with van der Waals surface area (Å²) in [4.78, 5) is 0. The van der Waals surface area contributed by atoms with E-state index < -0.39 is 0 Å². The standard InChI is InChI=1S/C16H17BrFN/c1-3-19-16(12-6-4-5-11(2)9-12)13-7-8-14(17)15(18)10-13/h4-10,16,19H,3H2,1-2H3. The highest BCUT2D eigenvalue weighted by Gasteiger charge is 2.14. The van der Waals surface area contributed by atoms with Gasteiger partial charge in [-0.25, -0.2) is 4.39 Å². The Morgan fingerprint density at radius 3 is 2.53 bits per heavy atom. The predicted molar refractivity (Wildman–Crippen MR) is 80.8 cm³/mol. The third-order valence-corrected chi connectivity index (χ3v) is 3.70. The molecular formula is C16H17BrFN. The van der Waals surface area contributed by atoms with Crippen LogP contribution in [0.25, 0.3) is 0 Å². The minimum Gasteiger partial charge on any atom is -0.307 e. The second-order valence-electron chi connectivity index (χ2n) is 4.58. The zero-order valence-electron chi connectivity index (χ0n) is 11.1. The fourth-order valence-electron chi connectivity index (χ4n) is 2.17. The first kappa shape index (κ1) is 14.2. The average Bonchev–Trinajstić information content (AvgIpc) is 2.39. The quantitative estimate of drug-likeness (QED) is 0.868. The fourth-order valence-corrected chi connectivity index (χ4v) is 2.42. The number of benzene rings is 2. The van der Waals surface area contributed by atoms with Crippen molar-refractivity contribution in [2.45, 2.75) is 19.9 Å². The van der Waals surface area contributed by atoms with Crippen LogP contribution in [0.1, 0.15) is 29.7 Å². The highest BCUT2D eigenvalue weighted by molar-refractivity contribution is 9.10. The number of halogens is 2. The van der Waals surface area contributed by atoms with Gasteiger partial charge in [0.2, 0.25) is 0 Å². The van der Waals surface area contributed by atoms with Gasteiger partial charge in [0, 0.05) is 0 Å². The smallest absolute Gasteiger partial charge is 0.137 e. The highest BCUT2D eigenvalue weighted by atomic mass is 79.9. The van der Waals surface area contributed by atoms with Crippen molar-refractivity contribution in [2.75, 3.05) is 6.54 Å². The SMILES string of the molecule is CCNC(c1cccc(C)c1)c1ccc(Br)c(F)c1. The van der Waals surface area contributed by atoms with E-state index in [2.05, 4.69) is 53.3 Å². The molecule has 0 aliphatic heterocycles. The Balaban J connectivity index is 2.42. The Kier molecular flexibility index (Phi) is 4.72. The summed E-state index contributed by atoms with van der Waals surface area (Å²) in [5.41, 5.74) is 3.30. The minimum absolute atomic E-state index is 0.0208. The van der Waals surface area contributed by atoms with Crippen LogP contribution in [-0.4, -0.2) is 6.54 Å². The third kappa shape index (κ3) is 3.43. The molecule has 2 aromatic carbocycles. The van der Waals surface area contributed by atoms with Crippen LogP contribution in [-0.2, 0) is 0 Å². The van der Waals surface area contributed by atoms with Gasteiger partial charge in [-0.3, -0.25) is 0 Å². The Bertz CT molecular complexity index is 568. The van der Waals surface area contributed by atoms with Crippen molar-refractivity contribution in [1.29, 1.82) is 0 Å². The van der Waals surface area contributed by atoms with Gasteiger partial charge >= 0.3 is 0 Å². The van der Waals surface area contributed by atoms with Gasteiger partial charge in [0.05, 0.1) is 10.5 Å². The van der Waals surface area contributed by atoms with Crippen molar-refractivity contribution < 1.29 is 4.39 Å². The normalized spacial score (nSPS) is 12.4. The fraction of sp³-hybridized carbons (Fsp3) is 0.250. The van der Waals surface area contributed by atoms with E-state index in [4.69, 9.17) is 0 Å². The van der Waals surface area contributed by atoms with E-state index in [0.717, 1.165) is 17.7 Å². The zero-order chi connectivity index (χ0) is 13.8. The van der Waals surface area contributed by atoms with Crippen molar-refractivity contribution >= 4 is 15.9 Å². The number of rotatable bonds is 4. The Morgan fingerprint density at radius 1 is 1.16 bits per heavy atom. The first-order chi connectivity index (χ1) is 9.11. The Labute approximate surface area is 122 Å². The monoisotopic (exact) mass is 321 g/mol. The lowest BCUT2D eigenvalue weighted by molar-refractivity contribution is 0.599. The van der Waals surface area contributed by atoms with Crippen LogP contribution in [0.5, 0.6) is 0 Å². The molecule has 3 heteroatoms. The van der Waals surface area contributed by atoms with Crippen LogP contribution in [0, 0.1) is 12.7 Å². The molecule has 0 spiro atoms. The largest absolute Gasteiger partial charge is 0.307 e. The number of hydrogen-bond acceptors (Lipinski definition) is 1. The topological polar surface area (TPSA) is 12.0 Å². The van der Waals surface area contributed by atoms with Gasteiger partial charge in [0.15, 0.2) is 0 Å². The summed E-state index contributed by atoms with van der Waals surface area (Å²) in [7, 11) is 0. The van der Waals surface area contributed by atoms with Crippen molar-refractivity contribution in [3.05, 3.63) is 69.4 Å². The lowest BCUT2D eigenvalue weighted by atomic mass is 9.97. The van der Waals surface area contributed by atoms with E-state index >= 15 is 0 Å². The molecule has 1 unspecified atom stereocenters. The third-order valence-electron chi connectivity index (χ3n) is 3.06. The lowest BCUT2D eigenvalue weighted by Crippen LogP contribution is -2.22. The first-order valence-electron chi connectivity index (χ1n) is 6.36. The maximum absolute atomic E-state index is 13.7. The lowest BCUT2D eigenvalue weighted by Gasteiger charge is -2.19. The van der Waals surface area contributed by atoms with Gasteiger partial charge in [-0.15, -0.1) is 0 Å². The van der Waals surface area contributed by atoms with Crippen molar-refractivity contribution in [3.63, 3.8) is 0 Å². The predicted octanol–water partition coefficient (Wildman–Crippen LogP) is 4.60. The van der Waals surface area contributed by atoms with Gasteiger partial charge in [-0.05, 0) is 52.7 Å². The molecule has 1 atom stereocenters. The van der Waals surface area contributed by atoms with Crippen LogP contribution >= 0.6 is 15.9 Å². The maximum atomic E-state index is 13.7. The summed E-state index contributed by atoms with van der Waals surface area (Å²) in [6.45, 7) is 4.95. The minimum atomic E-state index is -0.229. The van der Waals surface area contributed by atoms with Crippen molar-refractivity contribution in [2.24, 2.45) is 0 Å². The zero-order valence-corrected chi connectivity index (χ0v) is 12.7. The van der Waals surface area contributed by atoms with E-state index in [1.165, 1.54) is 5.56 Å². The average molecular weight is 322 g/mol. The molecule has 0 bridgehead atoms. The van der Waals surface area contributed by atoms with E-state index in [1.807, 2.05) is 12.1 Å². The molecule has 0 aromatic heterocycles. The Hall–Kier alpha value is -1.19.